The third-order valence-corrected chi connectivity index (χ3v) is 3.98. The van der Waals surface area contributed by atoms with Gasteiger partial charge in [0.05, 0.1) is 22.3 Å². The first kappa shape index (κ1) is 16.6. The predicted molar refractivity (Wildman–Crippen MR) is 90.5 cm³/mol. The highest BCUT2D eigenvalue weighted by Crippen LogP contribution is 2.29. The Balaban J connectivity index is 2.08. The van der Waals surface area contributed by atoms with Gasteiger partial charge in [-0.2, -0.15) is 0 Å². The van der Waals surface area contributed by atoms with Crippen LogP contribution < -0.4 is 10.6 Å². The van der Waals surface area contributed by atoms with Gasteiger partial charge in [0.25, 0.3) is 0 Å². The number of para-hydroxylation sites is 1. The Morgan fingerprint density at radius 3 is 2.55 bits per heavy atom. The topological polar surface area (TPSA) is 61.4 Å². The van der Waals surface area contributed by atoms with Crippen LogP contribution in [-0.4, -0.2) is 17.1 Å². The van der Waals surface area contributed by atoms with E-state index in [0.717, 1.165) is 5.56 Å². The van der Waals surface area contributed by atoms with E-state index in [4.69, 9.17) is 23.2 Å². The lowest BCUT2D eigenvalue weighted by Crippen LogP contribution is -2.32. The van der Waals surface area contributed by atoms with Gasteiger partial charge in [-0.25, -0.2) is 0 Å². The SMILES string of the molecule is C[C@H](Nc1ccccc1CO)C(=O)Nc1cccc(Cl)c1Cl. The molecule has 0 saturated carbocycles. The average molecular weight is 339 g/mol. The predicted octanol–water partition coefficient (Wildman–Crippen LogP) is 3.92. The molecule has 1 amide bonds. The Morgan fingerprint density at radius 1 is 1.14 bits per heavy atom. The van der Waals surface area contributed by atoms with Gasteiger partial charge in [0, 0.05) is 11.3 Å². The molecular weight excluding hydrogens is 323 g/mol. The number of nitrogens with one attached hydrogen (secondary N) is 2. The number of carbonyl (C=O) groups is 1. The highest BCUT2D eigenvalue weighted by Gasteiger charge is 2.16. The summed E-state index contributed by atoms with van der Waals surface area (Å²) in [6.45, 7) is 1.62. The summed E-state index contributed by atoms with van der Waals surface area (Å²) in [7, 11) is 0. The molecule has 1 atom stereocenters. The maximum Gasteiger partial charge on any atom is 0.246 e. The Bertz CT molecular complexity index is 677. The van der Waals surface area contributed by atoms with Crippen molar-refractivity contribution in [3.63, 3.8) is 0 Å². The van der Waals surface area contributed by atoms with Crippen LogP contribution in [0.1, 0.15) is 12.5 Å². The van der Waals surface area contributed by atoms with Gasteiger partial charge in [0.2, 0.25) is 5.91 Å². The van der Waals surface area contributed by atoms with Crippen molar-refractivity contribution in [2.24, 2.45) is 0 Å². The number of aliphatic hydroxyl groups is 1. The molecule has 2 rings (SSSR count). The summed E-state index contributed by atoms with van der Waals surface area (Å²) in [6.07, 6.45) is 0. The minimum absolute atomic E-state index is 0.0996. The molecule has 4 nitrogen and oxygen atoms in total. The van der Waals surface area contributed by atoms with Crippen LogP contribution in [0.4, 0.5) is 11.4 Å². The summed E-state index contributed by atoms with van der Waals surface area (Å²) < 4.78 is 0. The van der Waals surface area contributed by atoms with Crippen LogP contribution in [0.2, 0.25) is 10.0 Å². The van der Waals surface area contributed by atoms with Crippen molar-refractivity contribution in [1.29, 1.82) is 0 Å². The van der Waals surface area contributed by atoms with Crippen molar-refractivity contribution in [3.8, 4) is 0 Å². The number of hydrogen-bond acceptors (Lipinski definition) is 3. The minimum Gasteiger partial charge on any atom is -0.392 e. The van der Waals surface area contributed by atoms with E-state index in [9.17, 15) is 9.90 Å². The number of anilines is 2. The molecule has 0 saturated heterocycles. The van der Waals surface area contributed by atoms with Crippen molar-refractivity contribution in [1.82, 2.24) is 0 Å². The van der Waals surface area contributed by atoms with E-state index < -0.39 is 6.04 Å². The number of halogens is 2. The van der Waals surface area contributed by atoms with Gasteiger partial charge >= 0.3 is 0 Å². The van der Waals surface area contributed by atoms with E-state index in [1.807, 2.05) is 18.2 Å². The van der Waals surface area contributed by atoms with E-state index in [-0.39, 0.29) is 12.5 Å². The van der Waals surface area contributed by atoms with Crippen molar-refractivity contribution >= 4 is 40.5 Å². The molecule has 116 valence electrons. The standard InChI is InChI=1S/C16H16Cl2N2O2/c1-10(19-13-7-3-2-5-11(13)9-21)16(22)20-14-8-4-6-12(17)15(14)18/h2-8,10,19,21H,9H2,1H3,(H,20,22)/t10-/m0/s1. The molecule has 0 spiro atoms. The normalized spacial score (nSPS) is 11.8. The monoisotopic (exact) mass is 338 g/mol. The molecule has 0 aliphatic heterocycles. The molecule has 0 bridgehead atoms. The van der Waals surface area contributed by atoms with E-state index in [0.29, 0.717) is 21.4 Å². The number of hydrogen-bond donors (Lipinski definition) is 3. The summed E-state index contributed by atoms with van der Waals surface area (Å²) >= 11 is 12.0. The maximum absolute atomic E-state index is 12.2. The Hall–Kier alpha value is -1.75. The quantitative estimate of drug-likeness (QED) is 0.774. The summed E-state index contributed by atoms with van der Waals surface area (Å²) in [5.41, 5.74) is 1.90. The smallest absolute Gasteiger partial charge is 0.246 e. The fourth-order valence-electron chi connectivity index (χ4n) is 1.94. The number of amides is 1. The van der Waals surface area contributed by atoms with Crippen LogP contribution in [0.5, 0.6) is 0 Å². The first-order valence-electron chi connectivity index (χ1n) is 6.73. The maximum atomic E-state index is 12.2. The van der Waals surface area contributed by atoms with Gasteiger partial charge in [-0.3, -0.25) is 4.79 Å². The molecule has 2 aromatic rings. The molecular formula is C16H16Cl2N2O2. The summed E-state index contributed by atoms with van der Waals surface area (Å²) in [4.78, 5) is 12.2. The number of aliphatic hydroxyl groups excluding tert-OH is 1. The highest BCUT2D eigenvalue weighted by atomic mass is 35.5. The number of benzene rings is 2. The van der Waals surface area contributed by atoms with Gasteiger partial charge < -0.3 is 15.7 Å². The highest BCUT2D eigenvalue weighted by molar-refractivity contribution is 6.44. The lowest BCUT2D eigenvalue weighted by Gasteiger charge is -2.18. The van der Waals surface area contributed by atoms with Crippen LogP contribution in [-0.2, 0) is 11.4 Å². The van der Waals surface area contributed by atoms with Gasteiger partial charge in [0.1, 0.15) is 6.04 Å². The second-order valence-corrected chi connectivity index (χ2v) is 5.56. The van der Waals surface area contributed by atoms with Gasteiger partial charge in [-0.05, 0) is 25.1 Å². The molecule has 22 heavy (non-hydrogen) atoms. The minimum atomic E-state index is -0.511. The second-order valence-electron chi connectivity index (χ2n) is 4.77. The first-order valence-corrected chi connectivity index (χ1v) is 7.48. The molecule has 0 unspecified atom stereocenters. The zero-order valence-corrected chi connectivity index (χ0v) is 13.4. The molecule has 3 N–H and O–H groups in total. The van der Waals surface area contributed by atoms with Crippen molar-refractivity contribution in [3.05, 3.63) is 58.1 Å². The Kier molecular flexibility index (Phi) is 5.66. The van der Waals surface area contributed by atoms with E-state index in [1.54, 1.807) is 31.2 Å². The fraction of sp³-hybridized carbons (Fsp3) is 0.188. The molecule has 0 heterocycles. The van der Waals surface area contributed by atoms with E-state index in [1.165, 1.54) is 0 Å². The summed E-state index contributed by atoms with van der Waals surface area (Å²) in [6, 6.07) is 11.8. The molecule has 2 aromatic carbocycles. The third kappa shape index (κ3) is 3.91. The van der Waals surface area contributed by atoms with E-state index in [2.05, 4.69) is 10.6 Å². The molecule has 0 aliphatic carbocycles. The molecule has 0 fully saturated rings. The first-order chi connectivity index (χ1) is 10.5. The van der Waals surface area contributed by atoms with Crippen LogP contribution in [0.15, 0.2) is 42.5 Å². The number of carbonyl (C=O) groups excluding carboxylic acids is 1. The summed E-state index contributed by atoms with van der Waals surface area (Å²) in [5, 5.41) is 15.8. The van der Waals surface area contributed by atoms with Crippen molar-refractivity contribution in [2.45, 2.75) is 19.6 Å². The largest absolute Gasteiger partial charge is 0.392 e. The summed E-state index contributed by atoms with van der Waals surface area (Å²) in [5.74, 6) is -0.253. The van der Waals surface area contributed by atoms with Crippen molar-refractivity contribution in [2.75, 3.05) is 10.6 Å². The van der Waals surface area contributed by atoms with E-state index >= 15 is 0 Å². The lowest BCUT2D eigenvalue weighted by atomic mass is 10.1. The van der Waals surface area contributed by atoms with Gasteiger partial charge in [-0.15, -0.1) is 0 Å². The van der Waals surface area contributed by atoms with Crippen LogP contribution in [0.3, 0.4) is 0 Å². The molecule has 0 aliphatic rings. The van der Waals surface area contributed by atoms with Crippen LogP contribution in [0, 0.1) is 0 Å². The zero-order valence-electron chi connectivity index (χ0n) is 11.9. The third-order valence-electron chi connectivity index (χ3n) is 3.16. The zero-order chi connectivity index (χ0) is 16.1. The molecule has 0 aromatic heterocycles. The molecule has 6 heteroatoms. The van der Waals surface area contributed by atoms with Crippen LogP contribution >= 0.6 is 23.2 Å². The number of rotatable bonds is 5. The fourth-order valence-corrected chi connectivity index (χ4v) is 2.29. The van der Waals surface area contributed by atoms with Crippen molar-refractivity contribution < 1.29 is 9.90 Å². The second kappa shape index (κ2) is 7.49. The average Bonchev–Trinajstić information content (AvgIpc) is 2.52. The van der Waals surface area contributed by atoms with Crippen LogP contribution in [0.25, 0.3) is 0 Å². The van der Waals surface area contributed by atoms with Gasteiger partial charge in [0.15, 0.2) is 0 Å². The molecule has 0 radical (unpaired) electrons. The Labute approximate surface area is 139 Å². The van der Waals surface area contributed by atoms with Gasteiger partial charge in [-0.1, -0.05) is 47.5 Å². The Morgan fingerprint density at radius 2 is 1.82 bits per heavy atom. The lowest BCUT2D eigenvalue weighted by molar-refractivity contribution is -0.116.